The zero-order chi connectivity index (χ0) is 12.6. The molecule has 1 heterocycles. The number of carbonyl (C=O) groups is 1. The fourth-order valence-electron chi connectivity index (χ4n) is 3.95. The quantitative estimate of drug-likeness (QED) is 0.828. The predicted octanol–water partition coefficient (Wildman–Crippen LogP) is 2.02. The normalized spacial score (nSPS) is 35.3. The van der Waals surface area contributed by atoms with Gasteiger partial charge in [0.2, 0.25) is 5.91 Å². The van der Waals surface area contributed by atoms with Crippen molar-refractivity contribution in [2.75, 3.05) is 26.2 Å². The first-order valence-electron chi connectivity index (χ1n) is 7.76. The molecule has 3 rings (SSSR count). The van der Waals surface area contributed by atoms with E-state index in [1.54, 1.807) is 0 Å². The fraction of sp³-hybridized carbons (Fsp3) is 0.933. The van der Waals surface area contributed by atoms with Gasteiger partial charge < -0.3 is 10.2 Å². The van der Waals surface area contributed by atoms with Gasteiger partial charge in [0.1, 0.15) is 0 Å². The number of amides is 1. The molecule has 1 saturated heterocycles. The van der Waals surface area contributed by atoms with Gasteiger partial charge in [-0.15, -0.1) is 0 Å². The maximum Gasteiger partial charge on any atom is 0.230 e. The Hall–Kier alpha value is -0.570. The van der Waals surface area contributed by atoms with Crippen molar-refractivity contribution < 1.29 is 4.79 Å². The number of hydrogen-bond acceptors (Lipinski definition) is 2. The van der Waals surface area contributed by atoms with Crippen LogP contribution in [-0.2, 0) is 4.79 Å². The topological polar surface area (TPSA) is 32.3 Å². The minimum Gasteiger partial charge on any atom is -0.342 e. The highest BCUT2D eigenvalue weighted by molar-refractivity contribution is 5.84. The zero-order valence-corrected chi connectivity index (χ0v) is 11.6. The van der Waals surface area contributed by atoms with Crippen LogP contribution in [0.25, 0.3) is 0 Å². The molecule has 1 N–H and O–H groups in total. The van der Waals surface area contributed by atoms with E-state index in [2.05, 4.69) is 17.1 Å². The summed E-state index contributed by atoms with van der Waals surface area (Å²) >= 11 is 0. The van der Waals surface area contributed by atoms with Crippen molar-refractivity contribution in [1.29, 1.82) is 0 Å². The van der Waals surface area contributed by atoms with Gasteiger partial charge in [0.25, 0.3) is 0 Å². The number of rotatable bonds is 4. The number of hydrogen-bond donors (Lipinski definition) is 1. The summed E-state index contributed by atoms with van der Waals surface area (Å²) in [6.07, 6.45) is 7.59. The lowest BCUT2D eigenvalue weighted by molar-refractivity contribution is -0.145. The Morgan fingerprint density at radius 2 is 2.17 bits per heavy atom. The van der Waals surface area contributed by atoms with E-state index in [1.165, 1.54) is 32.1 Å². The summed E-state index contributed by atoms with van der Waals surface area (Å²) in [4.78, 5) is 15.1. The molecule has 18 heavy (non-hydrogen) atoms. The molecule has 0 aromatic carbocycles. The van der Waals surface area contributed by atoms with Crippen LogP contribution in [0.2, 0.25) is 0 Å². The van der Waals surface area contributed by atoms with Crippen LogP contribution in [0.3, 0.4) is 0 Å². The van der Waals surface area contributed by atoms with Crippen LogP contribution < -0.4 is 5.32 Å². The van der Waals surface area contributed by atoms with Crippen LogP contribution in [0.5, 0.6) is 0 Å². The van der Waals surface area contributed by atoms with Crippen LogP contribution in [0.4, 0.5) is 0 Å². The monoisotopic (exact) mass is 250 g/mol. The van der Waals surface area contributed by atoms with E-state index in [4.69, 9.17) is 0 Å². The molecule has 3 nitrogen and oxygen atoms in total. The SMILES string of the molecule is CCN(CC1CC1)C(=O)[C@@]12CCCC[C@H]1CNC2. The summed E-state index contributed by atoms with van der Waals surface area (Å²) in [7, 11) is 0. The van der Waals surface area contributed by atoms with Crippen LogP contribution in [0, 0.1) is 17.3 Å². The van der Waals surface area contributed by atoms with E-state index in [0.29, 0.717) is 11.8 Å². The lowest BCUT2D eigenvalue weighted by atomic mass is 9.67. The molecule has 1 amide bonds. The Morgan fingerprint density at radius 1 is 1.33 bits per heavy atom. The van der Waals surface area contributed by atoms with Gasteiger partial charge in [-0.05, 0) is 51.0 Å². The lowest BCUT2D eigenvalue weighted by Gasteiger charge is -2.40. The second-order valence-corrected chi connectivity index (χ2v) is 6.52. The molecule has 0 spiro atoms. The maximum atomic E-state index is 13.0. The number of nitrogens with one attached hydrogen (secondary N) is 1. The molecule has 0 radical (unpaired) electrons. The predicted molar refractivity (Wildman–Crippen MR) is 72.2 cm³/mol. The Kier molecular flexibility index (Phi) is 3.35. The van der Waals surface area contributed by atoms with Crippen LogP contribution >= 0.6 is 0 Å². The third kappa shape index (κ3) is 2.07. The minimum absolute atomic E-state index is 0.0385. The van der Waals surface area contributed by atoms with Crippen molar-refractivity contribution in [2.24, 2.45) is 17.3 Å². The molecular formula is C15H26N2O. The molecule has 2 aliphatic carbocycles. The van der Waals surface area contributed by atoms with Gasteiger partial charge in [-0.25, -0.2) is 0 Å². The van der Waals surface area contributed by atoms with Gasteiger partial charge in [0.05, 0.1) is 5.41 Å². The Labute approximate surface area is 110 Å². The van der Waals surface area contributed by atoms with Crippen molar-refractivity contribution in [3.63, 3.8) is 0 Å². The highest BCUT2D eigenvalue weighted by Crippen LogP contribution is 2.45. The number of fused-ring (bicyclic) bond motifs is 1. The van der Waals surface area contributed by atoms with Gasteiger partial charge in [-0.3, -0.25) is 4.79 Å². The van der Waals surface area contributed by atoms with E-state index in [1.807, 2.05) is 0 Å². The minimum atomic E-state index is -0.0385. The van der Waals surface area contributed by atoms with E-state index in [0.717, 1.165) is 38.5 Å². The molecule has 102 valence electrons. The lowest BCUT2D eigenvalue weighted by Crippen LogP contribution is -2.50. The average Bonchev–Trinajstić information content (AvgIpc) is 3.11. The first-order valence-corrected chi connectivity index (χ1v) is 7.76. The molecule has 0 bridgehead atoms. The highest BCUT2D eigenvalue weighted by Gasteiger charge is 2.51. The van der Waals surface area contributed by atoms with E-state index in [9.17, 15) is 4.79 Å². The molecule has 3 aliphatic rings. The Bertz CT molecular complexity index is 326. The summed E-state index contributed by atoms with van der Waals surface area (Å²) in [6.45, 7) is 6.04. The van der Waals surface area contributed by atoms with Crippen molar-refractivity contribution in [2.45, 2.75) is 45.4 Å². The number of carbonyl (C=O) groups excluding carboxylic acids is 1. The zero-order valence-electron chi connectivity index (χ0n) is 11.6. The van der Waals surface area contributed by atoms with E-state index < -0.39 is 0 Å². The highest BCUT2D eigenvalue weighted by atomic mass is 16.2. The van der Waals surface area contributed by atoms with Crippen molar-refractivity contribution >= 4 is 5.91 Å². The first-order chi connectivity index (χ1) is 8.76. The second kappa shape index (κ2) is 4.84. The first kappa shape index (κ1) is 12.5. The van der Waals surface area contributed by atoms with Gasteiger partial charge in [-0.2, -0.15) is 0 Å². The van der Waals surface area contributed by atoms with Crippen LogP contribution in [0.15, 0.2) is 0 Å². The molecule has 0 unspecified atom stereocenters. The summed E-state index contributed by atoms with van der Waals surface area (Å²) in [5, 5.41) is 3.49. The van der Waals surface area contributed by atoms with Crippen molar-refractivity contribution in [1.82, 2.24) is 10.2 Å². The largest absolute Gasteiger partial charge is 0.342 e. The Morgan fingerprint density at radius 3 is 2.89 bits per heavy atom. The van der Waals surface area contributed by atoms with Crippen molar-refractivity contribution in [3.8, 4) is 0 Å². The standard InChI is InChI=1S/C15H26N2O/c1-2-17(10-12-6-7-12)14(18)15-8-4-3-5-13(15)9-16-11-15/h12-13,16H,2-11H2,1H3/t13-,15+/m0/s1. The van der Waals surface area contributed by atoms with E-state index in [-0.39, 0.29) is 5.41 Å². The summed E-state index contributed by atoms with van der Waals surface area (Å²) in [5.74, 6) is 1.88. The second-order valence-electron chi connectivity index (χ2n) is 6.52. The third-order valence-corrected chi connectivity index (χ3v) is 5.31. The molecule has 0 aromatic heterocycles. The average molecular weight is 250 g/mol. The molecule has 0 aromatic rings. The molecule has 2 saturated carbocycles. The van der Waals surface area contributed by atoms with E-state index >= 15 is 0 Å². The molecule has 3 heteroatoms. The molecule has 1 aliphatic heterocycles. The van der Waals surface area contributed by atoms with Gasteiger partial charge >= 0.3 is 0 Å². The van der Waals surface area contributed by atoms with Gasteiger partial charge in [0.15, 0.2) is 0 Å². The smallest absolute Gasteiger partial charge is 0.230 e. The van der Waals surface area contributed by atoms with Crippen LogP contribution in [0.1, 0.15) is 45.4 Å². The fourth-order valence-corrected chi connectivity index (χ4v) is 3.95. The summed E-state index contributed by atoms with van der Waals surface area (Å²) in [5.41, 5.74) is -0.0385. The van der Waals surface area contributed by atoms with Crippen LogP contribution in [-0.4, -0.2) is 37.0 Å². The van der Waals surface area contributed by atoms with Crippen molar-refractivity contribution in [3.05, 3.63) is 0 Å². The molecular weight excluding hydrogens is 224 g/mol. The molecule has 3 fully saturated rings. The number of nitrogens with zero attached hydrogens (tertiary/aromatic N) is 1. The molecule has 2 atom stereocenters. The maximum absolute atomic E-state index is 13.0. The third-order valence-electron chi connectivity index (χ3n) is 5.31. The van der Waals surface area contributed by atoms with Gasteiger partial charge in [-0.1, -0.05) is 12.8 Å². The summed E-state index contributed by atoms with van der Waals surface area (Å²) < 4.78 is 0. The summed E-state index contributed by atoms with van der Waals surface area (Å²) in [6, 6.07) is 0. The Balaban J connectivity index is 1.75. The van der Waals surface area contributed by atoms with Gasteiger partial charge in [0, 0.05) is 19.6 Å².